The van der Waals surface area contributed by atoms with Gasteiger partial charge in [-0.25, -0.2) is 0 Å². The highest BCUT2D eigenvalue weighted by atomic mass is 16.2. The summed E-state index contributed by atoms with van der Waals surface area (Å²) in [5.74, 6) is -0.149. The van der Waals surface area contributed by atoms with Crippen molar-refractivity contribution in [3.63, 3.8) is 0 Å². The number of nitrogens with one attached hydrogen (secondary N) is 2. The predicted octanol–water partition coefficient (Wildman–Crippen LogP) is -0.766. The lowest BCUT2D eigenvalue weighted by atomic mass is 10.3. The fourth-order valence-corrected chi connectivity index (χ4v) is 0.411. The number of nitriles is 1. The van der Waals surface area contributed by atoms with E-state index in [1.807, 2.05) is 6.07 Å². The molecule has 0 fully saturated rings. The molecule has 1 atom stereocenters. The van der Waals surface area contributed by atoms with E-state index in [0.29, 0.717) is 0 Å². The molecule has 0 radical (unpaired) electrons. The van der Waals surface area contributed by atoms with Gasteiger partial charge in [-0.3, -0.25) is 4.79 Å². The Kier molecular flexibility index (Phi) is 4.25. The van der Waals surface area contributed by atoms with Gasteiger partial charge in [0, 0.05) is 0 Å². The monoisotopic (exact) mass is 141 g/mol. The van der Waals surface area contributed by atoms with Crippen LogP contribution in [-0.2, 0) is 4.79 Å². The number of carbonyl (C=O) groups excluding carboxylic acids is 1. The number of rotatable bonds is 3. The zero-order valence-electron chi connectivity index (χ0n) is 6.14. The van der Waals surface area contributed by atoms with Crippen LogP contribution in [0.4, 0.5) is 0 Å². The molecule has 56 valence electrons. The number of amides is 1. The standard InChI is InChI=1S/C6H11N3O/c1-5(8-2)6(10)9-4-3-7/h5,8H,4H2,1-2H3,(H,9,10)/t5-/m0/s1. The van der Waals surface area contributed by atoms with Crippen LogP contribution in [0.1, 0.15) is 6.92 Å². The molecule has 0 bridgehead atoms. The maximum Gasteiger partial charge on any atom is 0.237 e. The Morgan fingerprint density at radius 2 is 2.40 bits per heavy atom. The van der Waals surface area contributed by atoms with E-state index in [2.05, 4.69) is 10.6 Å². The summed E-state index contributed by atoms with van der Waals surface area (Å²) in [7, 11) is 1.69. The van der Waals surface area contributed by atoms with Crippen molar-refractivity contribution in [1.29, 1.82) is 5.26 Å². The van der Waals surface area contributed by atoms with E-state index in [9.17, 15) is 4.79 Å². The third kappa shape index (κ3) is 3.05. The lowest BCUT2D eigenvalue weighted by Gasteiger charge is -2.07. The first-order valence-electron chi connectivity index (χ1n) is 3.04. The van der Waals surface area contributed by atoms with Gasteiger partial charge in [0.2, 0.25) is 5.91 Å². The van der Waals surface area contributed by atoms with Crippen LogP contribution < -0.4 is 10.6 Å². The molecule has 0 aliphatic carbocycles. The fraction of sp³-hybridized carbons (Fsp3) is 0.667. The highest BCUT2D eigenvalue weighted by Gasteiger charge is 2.07. The Balaban J connectivity index is 3.54. The molecule has 0 saturated heterocycles. The summed E-state index contributed by atoms with van der Waals surface area (Å²) in [6, 6.07) is 1.59. The molecule has 0 spiro atoms. The van der Waals surface area contributed by atoms with Crippen LogP contribution in [0.2, 0.25) is 0 Å². The van der Waals surface area contributed by atoms with Crippen LogP contribution in [0.5, 0.6) is 0 Å². The van der Waals surface area contributed by atoms with Crippen molar-refractivity contribution in [2.75, 3.05) is 13.6 Å². The smallest absolute Gasteiger partial charge is 0.237 e. The van der Waals surface area contributed by atoms with Crippen LogP contribution in [0.15, 0.2) is 0 Å². The van der Waals surface area contributed by atoms with E-state index in [1.165, 1.54) is 0 Å². The third-order valence-corrected chi connectivity index (χ3v) is 1.17. The minimum atomic E-state index is -0.228. The van der Waals surface area contributed by atoms with Gasteiger partial charge in [-0.05, 0) is 14.0 Å². The molecule has 1 amide bonds. The molecule has 4 heteroatoms. The van der Waals surface area contributed by atoms with Crippen molar-refractivity contribution in [1.82, 2.24) is 10.6 Å². The van der Waals surface area contributed by atoms with E-state index >= 15 is 0 Å². The first-order valence-corrected chi connectivity index (χ1v) is 3.04. The molecule has 0 aromatic rings. The molecule has 0 aliphatic rings. The highest BCUT2D eigenvalue weighted by Crippen LogP contribution is 1.76. The Hall–Kier alpha value is -1.08. The van der Waals surface area contributed by atoms with E-state index in [1.54, 1.807) is 14.0 Å². The first kappa shape index (κ1) is 8.92. The van der Waals surface area contributed by atoms with E-state index < -0.39 is 0 Å². The minimum absolute atomic E-state index is 0.0743. The second-order valence-electron chi connectivity index (χ2n) is 1.89. The summed E-state index contributed by atoms with van der Waals surface area (Å²) in [6.07, 6.45) is 0. The highest BCUT2D eigenvalue weighted by molar-refractivity contribution is 5.81. The lowest BCUT2D eigenvalue weighted by Crippen LogP contribution is -2.40. The normalized spacial score (nSPS) is 11.7. The van der Waals surface area contributed by atoms with Crippen molar-refractivity contribution in [3.05, 3.63) is 0 Å². The van der Waals surface area contributed by atoms with E-state index in [4.69, 9.17) is 5.26 Å². The average Bonchev–Trinajstić information content (AvgIpc) is 1.98. The summed E-state index contributed by atoms with van der Waals surface area (Å²) >= 11 is 0. The average molecular weight is 141 g/mol. The van der Waals surface area contributed by atoms with Gasteiger partial charge in [-0.1, -0.05) is 0 Å². The molecule has 0 heterocycles. The number of carbonyl (C=O) groups is 1. The van der Waals surface area contributed by atoms with Crippen LogP contribution in [0, 0.1) is 11.3 Å². The molecule has 0 aliphatic heterocycles. The Morgan fingerprint density at radius 3 is 2.80 bits per heavy atom. The van der Waals surface area contributed by atoms with Crippen molar-refractivity contribution in [3.8, 4) is 6.07 Å². The molecular formula is C6H11N3O. The summed E-state index contributed by atoms with van der Waals surface area (Å²) < 4.78 is 0. The number of hydrogen-bond acceptors (Lipinski definition) is 3. The van der Waals surface area contributed by atoms with Crippen LogP contribution in [-0.4, -0.2) is 25.5 Å². The zero-order valence-corrected chi connectivity index (χ0v) is 6.14. The molecule has 10 heavy (non-hydrogen) atoms. The molecule has 0 rings (SSSR count). The van der Waals surface area contributed by atoms with Gasteiger partial charge in [-0.15, -0.1) is 0 Å². The van der Waals surface area contributed by atoms with Gasteiger partial charge in [-0.2, -0.15) is 5.26 Å². The number of likely N-dealkylation sites (N-methyl/N-ethyl adjacent to an activating group) is 1. The van der Waals surface area contributed by atoms with Crippen molar-refractivity contribution in [2.24, 2.45) is 0 Å². The van der Waals surface area contributed by atoms with Crippen LogP contribution >= 0.6 is 0 Å². The van der Waals surface area contributed by atoms with Crippen molar-refractivity contribution >= 4 is 5.91 Å². The first-order chi connectivity index (χ1) is 4.72. The largest absolute Gasteiger partial charge is 0.342 e. The fourth-order valence-electron chi connectivity index (χ4n) is 0.411. The van der Waals surface area contributed by atoms with Gasteiger partial charge >= 0.3 is 0 Å². The Bertz CT molecular complexity index is 150. The molecule has 4 nitrogen and oxygen atoms in total. The maximum absolute atomic E-state index is 10.8. The molecule has 0 aromatic carbocycles. The second kappa shape index (κ2) is 4.77. The molecule has 2 N–H and O–H groups in total. The van der Waals surface area contributed by atoms with Crippen LogP contribution in [0.3, 0.4) is 0 Å². The lowest BCUT2D eigenvalue weighted by molar-refractivity contribution is -0.122. The number of hydrogen-bond donors (Lipinski definition) is 2. The summed E-state index contributed by atoms with van der Waals surface area (Å²) in [5.41, 5.74) is 0. The van der Waals surface area contributed by atoms with Gasteiger partial charge in [0.1, 0.15) is 6.54 Å². The Morgan fingerprint density at radius 1 is 1.80 bits per heavy atom. The predicted molar refractivity (Wildman–Crippen MR) is 37.1 cm³/mol. The maximum atomic E-state index is 10.8. The van der Waals surface area contributed by atoms with E-state index in [-0.39, 0.29) is 18.5 Å². The topological polar surface area (TPSA) is 64.9 Å². The van der Waals surface area contributed by atoms with Gasteiger partial charge in [0.05, 0.1) is 12.1 Å². The van der Waals surface area contributed by atoms with Gasteiger partial charge in [0.25, 0.3) is 0 Å². The quantitative estimate of drug-likeness (QED) is 0.507. The van der Waals surface area contributed by atoms with Gasteiger partial charge in [0.15, 0.2) is 0 Å². The number of nitrogens with zero attached hydrogens (tertiary/aromatic N) is 1. The molecular weight excluding hydrogens is 130 g/mol. The Labute approximate surface area is 60.2 Å². The minimum Gasteiger partial charge on any atom is -0.342 e. The zero-order chi connectivity index (χ0) is 7.98. The molecule has 0 saturated carbocycles. The van der Waals surface area contributed by atoms with Crippen molar-refractivity contribution < 1.29 is 4.79 Å². The van der Waals surface area contributed by atoms with E-state index in [0.717, 1.165) is 0 Å². The van der Waals surface area contributed by atoms with Crippen LogP contribution in [0.25, 0.3) is 0 Å². The summed E-state index contributed by atoms with van der Waals surface area (Å²) in [5, 5.41) is 13.3. The van der Waals surface area contributed by atoms with Gasteiger partial charge < -0.3 is 10.6 Å². The third-order valence-electron chi connectivity index (χ3n) is 1.17. The van der Waals surface area contributed by atoms with Crippen molar-refractivity contribution in [2.45, 2.75) is 13.0 Å². The SMILES string of the molecule is CN[C@@H](C)C(=O)NCC#N. The summed E-state index contributed by atoms with van der Waals surface area (Å²) in [4.78, 5) is 10.8. The molecule has 0 unspecified atom stereocenters. The summed E-state index contributed by atoms with van der Waals surface area (Å²) in [6.45, 7) is 1.80. The molecule has 0 aromatic heterocycles. The second-order valence-corrected chi connectivity index (χ2v) is 1.89.